The molecule has 0 aromatic heterocycles. The molecule has 1 heterocycles. The molecule has 1 aliphatic heterocycles. The first kappa shape index (κ1) is 18.8. The van der Waals surface area contributed by atoms with Gasteiger partial charge in [0.25, 0.3) is 0 Å². The lowest BCUT2D eigenvalue weighted by Crippen LogP contribution is -2.23. The highest BCUT2D eigenvalue weighted by Gasteiger charge is 2.30. The van der Waals surface area contributed by atoms with Gasteiger partial charge in [-0.1, -0.05) is 30.3 Å². The molecule has 0 unspecified atom stereocenters. The zero-order valence-corrected chi connectivity index (χ0v) is 15.2. The van der Waals surface area contributed by atoms with Crippen LogP contribution < -0.4 is 5.32 Å². The summed E-state index contributed by atoms with van der Waals surface area (Å²) in [7, 11) is 0. The molecular weight excluding hydrogens is 353 g/mol. The number of benzene rings is 2. The number of anilines is 1. The van der Waals surface area contributed by atoms with E-state index >= 15 is 0 Å². The van der Waals surface area contributed by atoms with Crippen molar-refractivity contribution in [3.8, 4) is 0 Å². The molecule has 0 aliphatic carbocycles. The zero-order chi connectivity index (χ0) is 19.7. The summed E-state index contributed by atoms with van der Waals surface area (Å²) >= 11 is 0. The van der Waals surface area contributed by atoms with E-state index in [4.69, 9.17) is 0 Å². The fourth-order valence-corrected chi connectivity index (χ4v) is 2.41. The lowest BCUT2D eigenvalue weighted by atomic mass is 10.1. The van der Waals surface area contributed by atoms with Crippen LogP contribution in [0.15, 0.2) is 69.6 Å². The monoisotopic (exact) mass is 372 g/mol. The fraction of sp³-hybridized carbons (Fsp3) is 0.250. The molecule has 7 heteroatoms. The molecule has 0 saturated heterocycles. The minimum absolute atomic E-state index is 0.324. The van der Waals surface area contributed by atoms with Crippen LogP contribution in [0, 0.1) is 0 Å². The quantitative estimate of drug-likeness (QED) is 0.776. The molecule has 2 aromatic rings. The smallest absolute Gasteiger partial charge is 0.337 e. The van der Waals surface area contributed by atoms with Gasteiger partial charge in [0, 0.05) is 11.3 Å². The van der Waals surface area contributed by atoms with E-state index < -0.39 is 11.7 Å². The van der Waals surface area contributed by atoms with E-state index in [0.717, 1.165) is 17.8 Å². The van der Waals surface area contributed by atoms with Gasteiger partial charge in [-0.3, -0.25) is 4.99 Å². The fourth-order valence-electron chi connectivity index (χ4n) is 2.41. The summed E-state index contributed by atoms with van der Waals surface area (Å²) < 4.78 is 38.3. The molecule has 27 heavy (non-hydrogen) atoms. The Morgan fingerprint density at radius 1 is 0.852 bits per heavy atom. The number of nitrogens with one attached hydrogen (secondary N) is 1. The number of hydrogen-bond donors (Lipinski definition) is 1. The van der Waals surface area contributed by atoms with Crippen LogP contribution in [-0.2, 0) is 6.18 Å². The number of para-hydroxylation sites is 1. The maximum absolute atomic E-state index is 12.8. The molecule has 1 N–H and O–H groups in total. The Morgan fingerprint density at radius 2 is 1.48 bits per heavy atom. The highest BCUT2D eigenvalue weighted by Crippen LogP contribution is 2.29. The van der Waals surface area contributed by atoms with Crippen molar-refractivity contribution < 1.29 is 13.2 Å². The predicted molar refractivity (Wildman–Crippen MR) is 103 cm³/mol. The normalized spacial score (nSPS) is 16.3. The molecule has 0 fully saturated rings. The molecule has 0 bridgehead atoms. The van der Waals surface area contributed by atoms with Gasteiger partial charge in [-0.15, -0.1) is 0 Å². The molecular formula is C20H19F3N4. The third kappa shape index (κ3) is 4.81. The molecule has 1 aliphatic rings. The Labute approximate surface area is 155 Å². The van der Waals surface area contributed by atoms with Crippen molar-refractivity contribution in [3.63, 3.8) is 0 Å². The standard InChI is InChI=1S/C20H19F3N4/c1-19(2,3)27-18-17(24-15-7-5-4-6-8-15)25-16(26-18)13-9-11-14(12-10-13)20(21,22)23/h4-12H,1-3H3,(H,24,25,26,27). The second-order valence-corrected chi connectivity index (χ2v) is 7.07. The van der Waals surface area contributed by atoms with Crippen LogP contribution in [0.4, 0.5) is 18.9 Å². The third-order valence-corrected chi connectivity index (χ3v) is 3.59. The maximum Gasteiger partial charge on any atom is 0.416 e. The van der Waals surface area contributed by atoms with Crippen LogP contribution in [0.3, 0.4) is 0 Å². The molecule has 0 saturated carbocycles. The molecule has 0 spiro atoms. The van der Waals surface area contributed by atoms with Gasteiger partial charge in [0.15, 0.2) is 17.5 Å². The van der Waals surface area contributed by atoms with Gasteiger partial charge < -0.3 is 5.32 Å². The Bertz CT molecular complexity index is 903. The van der Waals surface area contributed by atoms with Gasteiger partial charge in [-0.05, 0) is 45.0 Å². The van der Waals surface area contributed by atoms with Gasteiger partial charge in [0.05, 0.1) is 11.1 Å². The van der Waals surface area contributed by atoms with Gasteiger partial charge in [-0.25, -0.2) is 9.98 Å². The topological polar surface area (TPSA) is 49.1 Å². The maximum atomic E-state index is 12.8. The number of halogens is 3. The van der Waals surface area contributed by atoms with Crippen molar-refractivity contribution in [3.05, 3.63) is 65.7 Å². The van der Waals surface area contributed by atoms with Gasteiger partial charge in [0.1, 0.15) is 0 Å². The third-order valence-electron chi connectivity index (χ3n) is 3.59. The summed E-state index contributed by atoms with van der Waals surface area (Å²) in [6.07, 6.45) is -4.38. The Morgan fingerprint density at radius 3 is 2.04 bits per heavy atom. The summed E-state index contributed by atoms with van der Waals surface area (Å²) in [5.74, 6) is 1.21. The van der Waals surface area contributed by atoms with Crippen molar-refractivity contribution in [2.45, 2.75) is 32.5 Å². The predicted octanol–water partition coefficient (Wildman–Crippen LogP) is 5.17. The molecule has 140 valence electrons. The van der Waals surface area contributed by atoms with E-state index in [-0.39, 0.29) is 5.54 Å². The van der Waals surface area contributed by atoms with Crippen LogP contribution in [0.1, 0.15) is 31.9 Å². The lowest BCUT2D eigenvalue weighted by Gasteiger charge is -2.13. The second-order valence-electron chi connectivity index (χ2n) is 7.07. The average Bonchev–Trinajstić information content (AvgIpc) is 2.96. The van der Waals surface area contributed by atoms with Gasteiger partial charge in [0.2, 0.25) is 0 Å². The van der Waals surface area contributed by atoms with Crippen LogP contribution in [-0.4, -0.2) is 23.0 Å². The highest BCUT2D eigenvalue weighted by atomic mass is 19.4. The Hall–Kier alpha value is -2.96. The van der Waals surface area contributed by atoms with E-state index in [9.17, 15) is 13.2 Å². The first-order valence-electron chi connectivity index (χ1n) is 8.39. The summed E-state index contributed by atoms with van der Waals surface area (Å²) in [5, 5.41) is 3.17. The van der Waals surface area contributed by atoms with Crippen LogP contribution in [0.25, 0.3) is 0 Å². The minimum atomic E-state index is -4.38. The van der Waals surface area contributed by atoms with Crippen LogP contribution >= 0.6 is 0 Å². The van der Waals surface area contributed by atoms with E-state index in [1.807, 2.05) is 51.1 Å². The van der Waals surface area contributed by atoms with E-state index in [1.165, 1.54) is 12.1 Å². The van der Waals surface area contributed by atoms with Crippen LogP contribution in [0.2, 0.25) is 0 Å². The van der Waals surface area contributed by atoms with E-state index in [2.05, 4.69) is 20.3 Å². The zero-order valence-electron chi connectivity index (χ0n) is 15.2. The molecule has 0 atom stereocenters. The van der Waals surface area contributed by atoms with Crippen molar-refractivity contribution >= 4 is 23.2 Å². The minimum Gasteiger partial charge on any atom is -0.337 e. The summed E-state index contributed by atoms with van der Waals surface area (Å²) in [6, 6.07) is 14.2. The number of nitrogens with zero attached hydrogens (tertiary/aromatic N) is 3. The lowest BCUT2D eigenvalue weighted by molar-refractivity contribution is -0.137. The molecule has 2 aromatic carbocycles. The summed E-state index contributed by atoms with van der Waals surface area (Å²) in [6.45, 7) is 5.81. The van der Waals surface area contributed by atoms with Crippen LogP contribution in [0.5, 0.6) is 0 Å². The second kappa shape index (κ2) is 6.98. The number of aliphatic imine (C=N–C) groups is 3. The van der Waals surface area contributed by atoms with E-state index in [1.54, 1.807) is 0 Å². The average molecular weight is 372 g/mol. The van der Waals surface area contributed by atoms with Crippen molar-refractivity contribution in [2.75, 3.05) is 5.32 Å². The van der Waals surface area contributed by atoms with E-state index in [0.29, 0.717) is 23.1 Å². The molecule has 0 amide bonds. The van der Waals surface area contributed by atoms with Crippen molar-refractivity contribution in [2.24, 2.45) is 15.0 Å². The number of amidine groups is 3. The van der Waals surface area contributed by atoms with Crippen molar-refractivity contribution in [1.29, 1.82) is 0 Å². The van der Waals surface area contributed by atoms with Crippen molar-refractivity contribution in [1.82, 2.24) is 0 Å². The molecule has 0 radical (unpaired) electrons. The Balaban J connectivity index is 1.95. The number of hydrogen-bond acceptors (Lipinski definition) is 3. The first-order valence-corrected chi connectivity index (χ1v) is 8.39. The number of rotatable bonds is 2. The molecule has 3 rings (SSSR count). The largest absolute Gasteiger partial charge is 0.416 e. The first-order chi connectivity index (χ1) is 12.6. The number of alkyl halides is 3. The highest BCUT2D eigenvalue weighted by molar-refractivity contribution is 6.51. The summed E-state index contributed by atoms with van der Waals surface area (Å²) in [4.78, 5) is 13.5. The Kier molecular flexibility index (Phi) is 4.87. The SMILES string of the molecule is CC(C)(C)N=C1N=C(c2ccc(C(F)(F)F)cc2)N=C1Nc1ccccc1. The van der Waals surface area contributed by atoms with Gasteiger partial charge >= 0.3 is 6.18 Å². The van der Waals surface area contributed by atoms with Gasteiger partial charge in [-0.2, -0.15) is 13.2 Å². The molecule has 4 nitrogen and oxygen atoms in total. The summed E-state index contributed by atoms with van der Waals surface area (Å²) in [5.41, 5.74) is 0.226.